The van der Waals surface area contributed by atoms with E-state index in [0.717, 1.165) is 12.5 Å². The van der Waals surface area contributed by atoms with Gasteiger partial charge in [-0.2, -0.15) is 0 Å². The fourth-order valence-corrected chi connectivity index (χ4v) is 3.85. The molecule has 28 heavy (non-hydrogen) atoms. The Bertz CT molecular complexity index is 643. The third-order valence-corrected chi connectivity index (χ3v) is 5.65. The summed E-state index contributed by atoms with van der Waals surface area (Å²) in [6, 6.07) is 9.25. The van der Waals surface area contributed by atoms with Gasteiger partial charge in [0.25, 0.3) is 0 Å². The van der Waals surface area contributed by atoms with E-state index in [1.54, 1.807) is 19.0 Å². The Hall–Kier alpha value is -2.08. The molecule has 6 nitrogen and oxygen atoms in total. The first-order chi connectivity index (χ1) is 13.6. The van der Waals surface area contributed by atoms with E-state index in [2.05, 4.69) is 39.8 Å². The van der Waals surface area contributed by atoms with Crippen LogP contribution in [0.1, 0.15) is 49.7 Å². The number of carbonyl (C=O) groups excluding carboxylic acids is 1. The van der Waals surface area contributed by atoms with Gasteiger partial charge in [-0.05, 0) is 49.9 Å². The minimum absolute atomic E-state index is 0.0483. The second kappa shape index (κ2) is 10.5. The Morgan fingerprint density at radius 3 is 2.36 bits per heavy atom. The van der Waals surface area contributed by atoms with Gasteiger partial charge in [0.15, 0.2) is 5.96 Å². The van der Waals surface area contributed by atoms with Crippen LogP contribution in [0.25, 0.3) is 0 Å². The highest BCUT2D eigenvalue weighted by Crippen LogP contribution is 2.17. The quantitative estimate of drug-likeness (QED) is 0.559. The van der Waals surface area contributed by atoms with Crippen molar-refractivity contribution in [2.45, 2.75) is 57.7 Å². The molecule has 1 aromatic carbocycles. The molecule has 0 spiro atoms. The first-order valence-corrected chi connectivity index (χ1v) is 10.7. The molecule has 1 saturated heterocycles. The highest BCUT2D eigenvalue weighted by Gasteiger charge is 2.17. The molecule has 1 aromatic rings. The van der Waals surface area contributed by atoms with Gasteiger partial charge in [0.05, 0.1) is 13.1 Å². The number of nitrogens with zero attached hydrogens (tertiary/aromatic N) is 3. The van der Waals surface area contributed by atoms with Crippen LogP contribution in [-0.2, 0) is 17.9 Å². The van der Waals surface area contributed by atoms with Gasteiger partial charge in [-0.3, -0.25) is 9.69 Å². The molecular formula is C22H35N5O. The van der Waals surface area contributed by atoms with Crippen molar-refractivity contribution in [2.75, 3.05) is 33.7 Å². The predicted octanol–water partition coefficient (Wildman–Crippen LogP) is 2.35. The van der Waals surface area contributed by atoms with Crippen LogP contribution in [-0.4, -0.2) is 61.4 Å². The summed E-state index contributed by atoms with van der Waals surface area (Å²) < 4.78 is 0. The van der Waals surface area contributed by atoms with Crippen LogP contribution >= 0.6 is 0 Å². The van der Waals surface area contributed by atoms with Crippen molar-refractivity contribution in [1.82, 2.24) is 20.4 Å². The Morgan fingerprint density at radius 1 is 1.07 bits per heavy atom. The lowest BCUT2D eigenvalue weighted by molar-refractivity contribution is -0.127. The number of likely N-dealkylation sites (N-methyl/N-ethyl adjacent to an activating group) is 1. The summed E-state index contributed by atoms with van der Waals surface area (Å²) in [4.78, 5) is 20.8. The predicted molar refractivity (Wildman–Crippen MR) is 114 cm³/mol. The van der Waals surface area contributed by atoms with Gasteiger partial charge < -0.3 is 15.5 Å². The average Bonchev–Trinajstić information content (AvgIpc) is 3.39. The fraction of sp³-hybridized carbons (Fsp3) is 0.636. The second-order valence-electron chi connectivity index (χ2n) is 8.23. The number of guanidine groups is 1. The fourth-order valence-electron chi connectivity index (χ4n) is 3.85. The average molecular weight is 386 g/mol. The van der Waals surface area contributed by atoms with Crippen LogP contribution < -0.4 is 10.6 Å². The van der Waals surface area contributed by atoms with E-state index in [9.17, 15) is 4.79 Å². The number of aliphatic imine (C=N–C) groups is 1. The van der Waals surface area contributed by atoms with E-state index in [1.807, 2.05) is 0 Å². The van der Waals surface area contributed by atoms with Crippen LogP contribution in [0, 0.1) is 0 Å². The van der Waals surface area contributed by atoms with Gasteiger partial charge in [-0.1, -0.05) is 37.1 Å². The number of nitrogens with one attached hydrogen (secondary N) is 2. The molecule has 2 aliphatic rings. The number of benzene rings is 1. The Kier molecular flexibility index (Phi) is 7.71. The summed E-state index contributed by atoms with van der Waals surface area (Å²) in [5.74, 6) is 0.787. The van der Waals surface area contributed by atoms with Gasteiger partial charge >= 0.3 is 0 Å². The Balaban J connectivity index is 1.56. The molecule has 1 aliphatic carbocycles. The third kappa shape index (κ3) is 6.51. The van der Waals surface area contributed by atoms with Crippen LogP contribution in [0.15, 0.2) is 29.3 Å². The van der Waals surface area contributed by atoms with Gasteiger partial charge in [-0.25, -0.2) is 4.99 Å². The van der Waals surface area contributed by atoms with E-state index in [1.165, 1.54) is 62.7 Å². The molecular weight excluding hydrogens is 350 g/mol. The molecule has 1 heterocycles. The van der Waals surface area contributed by atoms with Gasteiger partial charge in [0, 0.05) is 26.7 Å². The maximum Gasteiger partial charge on any atom is 0.241 e. The van der Waals surface area contributed by atoms with Gasteiger partial charge in [0.2, 0.25) is 5.91 Å². The topological polar surface area (TPSA) is 60.0 Å². The highest BCUT2D eigenvalue weighted by atomic mass is 16.2. The van der Waals surface area contributed by atoms with Crippen molar-refractivity contribution in [3.63, 3.8) is 0 Å². The maximum atomic E-state index is 11.9. The van der Waals surface area contributed by atoms with Crippen molar-refractivity contribution in [2.24, 2.45) is 4.99 Å². The van der Waals surface area contributed by atoms with E-state index < -0.39 is 0 Å². The number of carbonyl (C=O) groups is 1. The smallest absolute Gasteiger partial charge is 0.241 e. The van der Waals surface area contributed by atoms with E-state index in [0.29, 0.717) is 12.6 Å². The zero-order valence-corrected chi connectivity index (χ0v) is 17.4. The lowest BCUT2D eigenvalue weighted by Gasteiger charge is -2.18. The number of amides is 1. The summed E-state index contributed by atoms with van der Waals surface area (Å²) >= 11 is 0. The Labute approximate surface area is 169 Å². The summed E-state index contributed by atoms with van der Waals surface area (Å²) in [6.45, 7) is 4.37. The normalized spacial score (nSPS) is 18.4. The number of likely N-dealkylation sites (tertiary alicyclic amines) is 1. The van der Waals surface area contributed by atoms with Crippen molar-refractivity contribution >= 4 is 11.9 Å². The molecule has 1 amide bonds. The number of hydrogen-bond donors (Lipinski definition) is 2. The standard InChI is InChI=1S/C22H35N5O/c1-26(2)21(28)16-24-22(25-20-7-3-4-8-20)23-15-18-9-11-19(12-10-18)17-27-13-5-6-14-27/h9-12,20H,3-8,13-17H2,1-2H3,(H2,23,24,25). The maximum absolute atomic E-state index is 11.9. The molecule has 0 aromatic heterocycles. The third-order valence-electron chi connectivity index (χ3n) is 5.65. The van der Waals surface area contributed by atoms with E-state index in [4.69, 9.17) is 4.99 Å². The minimum atomic E-state index is 0.0483. The summed E-state index contributed by atoms with van der Waals surface area (Å²) in [7, 11) is 3.55. The molecule has 2 fully saturated rings. The SMILES string of the molecule is CN(C)C(=O)CNC(=NCc1ccc(CN2CCCC2)cc1)NC1CCCC1. The van der Waals surface area contributed by atoms with Crippen LogP contribution in [0.3, 0.4) is 0 Å². The molecule has 0 unspecified atom stereocenters. The van der Waals surface area contributed by atoms with Crippen LogP contribution in [0.4, 0.5) is 0 Å². The van der Waals surface area contributed by atoms with Crippen molar-refractivity contribution in [1.29, 1.82) is 0 Å². The molecule has 0 radical (unpaired) electrons. The summed E-state index contributed by atoms with van der Waals surface area (Å²) in [5, 5.41) is 6.70. The molecule has 6 heteroatoms. The second-order valence-corrected chi connectivity index (χ2v) is 8.23. The Morgan fingerprint density at radius 2 is 1.71 bits per heavy atom. The highest BCUT2D eigenvalue weighted by molar-refractivity contribution is 5.86. The molecule has 0 bridgehead atoms. The molecule has 2 N–H and O–H groups in total. The minimum Gasteiger partial charge on any atom is -0.354 e. The van der Waals surface area contributed by atoms with Crippen LogP contribution in [0.5, 0.6) is 0 Å². The van der Waals surface area contributed by atoms with E-state index >= 15 is 0 Å². The molecule has 3 rings (SSSR count). The zero-order chi connectivity index (χ0) is 19.8. The molecule has 154 valence electrons. The van der Waals surface area contributed by atoms with E-state index in [-0.39, 0.29) is 12.5 Å². The molecule has 0 atom stereocenters. The first-order valence-electron chi connectivity index (χ1n) is 10.7. The number of rotatable bonds is 7. The monoisotopic (exact) mass is 385 g/mol. The van der Waals surface area contributed by atoms with Crippen molar-refractivity contribution in [3.8, 4) is 0 Å². The lowest BCUT2D eigenvalue weighted by Crippen LogP contribution is -2.46. The first kappa shape index (κ1) is 20.6. The van der Waals surface area contributed by atoms with Crippen LogP contribution in [0.2, 0.25) is 0 Å². The zero-order valence-electron chi connectivity index (χ0n) is 17.4. The van der Waals surface area contributed by atoms with Gasteiger partial charge in [0.1, 0.15) is 0 Å². The summed E-state index contributed by atoms with van der Waals surface area (Å²) in [5.41, 5.74) is 2.56. The lowest BCUT2D eigenvalue weighted by atomic mass is 10.1. The molecule has 1 aliphatic heterocycles. The van der Waals surface area contributed by atoms with Gasteiger partial charge in [-0.15, -0.1) is 0 Å². The largest absolute Gasteiger partial charge is 0.354 e. The summed E-state index contributed by atoms with van der Waals surface area (Å²) in [6.07, 6.45) is 7.53. The molecule has 1 saturated carbocycles. The number of hydrogen-bond acceptors (Lipinski definition) is 3. The van der Waals surface area contributed by atoms with Crippen molar-refractivity contribution in [3.05, 3.63) is 35.4 Å². The van der Waals surface area contributed by atoms with Crippen molar-refractivity contribution < 1.29 is 4.79 Å².